The van der Waals surface area contributed by atoms with Gasteiger partial charge < -0.3 is 26.0 Å². The molecule has 1 amide bonds. The van der Waals surface area contributed by atoms with Crippen LogP contribution in [0.2, 0.25) is 0 Å². The molecule has 8 heteroatoms. The Balaban J connectivity index is 1.58. The molecule has 2 unspecified atom stereocenters. The number of nitrogens with zero attached hydrogens (tertiary/aromatic N) is 3. The highest BCUT2D eigenvalue weighted by Gasteiger charge is 2.54. The van der Waals surface area contributed by atoms with E-state index in [1.54, 1.807) is 0 Å². The van der Waals surface area contributed by atoms with E-state index in [2.05, 4.69) is 65.4 Å². The molecule has 2 fully saturated rings. The predicted molar refractivity (Wildman–Crippen MR) is 174 cm³/mol. The molecule has 1 aromatic carbocycles. The molecule has 3 heterocycles. The lowest BCUT2D eigenvalue weighted by Gasteiger charge is -2.50. The first-order valence-corrected chi connectivity index (χ1v) is 17.1. The van der Waals surface area contributed by atoms with Gasteiger partial charge in [0.1, 0.15) is 5.82 Å². The van der Waals surface area contributed by atoms with E-state index in [1.807, 2.05) is 6.20 Å². The third kappa shape index (κ3) is 7.46. The van der Waals surface area contributed by atoms with E-state index >= 15 is 0 Å². The summed E-state index contributed by atoms with van der Waals surface area (Å²) in [4.78, 5) is 16.9. The number of carbonyl (C=O) groups excluding carboxylic acids is 1. The molecule has 1 aromatic heterocycles. The number of ether oxygens (including phenoxy) is 1. The van der Waals surface area contributed by atoms with Crippen LogP contribution in [0.5, 0.6) is 0 Å². The van der Waals surface area contributed by atoms with Gasteiger partial charge in [0, 0.05) is 56.4 Å². The quantitative estimate of drug-likeness (QED) is 0.323. The second kappa shape index (κ2) is 15.0. The van der Waals surface area contributed by atoms with Crippen molar-refractivity contribution < 1.29 is 9.53 Å². The number of anilines is 1. The van der Waals surface area contributed by atoms with Gasteiger partial charge in [-0.25, -0.2) is 4.68 Å². The maximum atomic E-state index is 14.6. The first-order chi connectivity index (χ1) is 20.9. The first kappa shape index (κ1) is 32.0. The zero-order chi connectivity index (χ0) is 30.2. The number of rotatable bonds is 9. The Bertz CT molecular complexity index is 1160. The molecular weight excluding hydrogens is 536 g/mol. The predicted octanol–water partition coefficient (Wildman–Crippen LogP) is 6.16. The molecule has 1 saturated heterocycles. The summed E-state index contributed by atoms with van der Waals surface area (Å²) in [6.07, 6.45) is 14.7. The van der Waals surface area contributed by atoms with E-state index in [4.69, 9.17) is 15.6 Å². The highest BCUT2D eigenvalue weighted by atomic mass is 16.5. The minimum atomic E-state index is -0.246. The number of fused-ring (bicyclic) bond motifs is 1. The first-order valence-electron chi connectivity index (χ1n) is 17.1. The number of hydrogen-bond donors (Lipinski definition) is 3. The molecule has 43 heavy (non-hydrogen) atoms. The topological polar surface area (TPSA) is 97.4 Å². The fourth-order valence-corrected chi connectivity index (χ4v) is 7.98. The summed E-state index contributed by atoms with van der Waals surface area (Å²) in [7, 11) is 2.13. The van der Waals surface area contributed by atoms with Crippen LogP contribution in [-0.4, -0.2) is 60.5 Å². The lowest BCUT2D eigenvalue weighted by Crippen LogP contribution is -2.50. The number of benzene rings is 1. The Morgan fingerprint density at radius 3 is 2.51 bits per heavy atom. The molecule has 1 spiro atoms. The Labute approximate surface area is 259 Å². The Morgan fingerprint density at radius 1 is 1.14 bits per heavy atom. The van der Waals surface area contributed by atoms with E-state index in [0.717, 1.165) is 82.8 Å². The molecule has 2 atom stereocenters. The second-order valence-corrected chi connectivity index (χ2v) is 13.8. The number of carbonyl (C=O) groups is 1. The van der Waals surface area contributed by atoms with Gasteiger partial charge in [0.05, 0.1) is 18.2 Å². The molecule has 5 rings (SSSR count). The summed E-state index contributed by atoms with van der Waals surface area (Å²) in [5.74, 6) is 1.43. The summed E-state index contributed by atoms with van der Waals surface area (Å²) in [5.41, 5.74) is 9.26. The van der Waals surface area contributed by atoms with E-state index in [9.17, 15) is 4.79 Å². The molecule has 0 radical (unpaired) electrons. The van der Waals surface area contributed by atoms with Gasteiger partial charge in [-0.05, 0) is 63.6 Å². The van der Waals surface area contributed by atoms with Gasteiger partial charge in [-0.2, -0.15) is 5.10 Å². The van der Waals surface area contributed by atoms with E-state index in [0.29, 0.717) is 12.5 Å². The van der Waals surface area contributed by atoms with Crippen LogP contribution in [-0.2, 0) is 16.1 Å². The van der Waals surface area contributed by atoms with Crippen LogP contribution in [0.25, 0.3) is 0 Å². The fraction of sp³-hybridized carbons (Fsp3) is 0.714. The molecule has 1 saturated carbocycles. The average Bonchev–Trinajstić information content (AvgIpc) is 3.43. The minimum Gasteiger partial charge on any atom is -0.381 e. The standard InChI is InChI=1S/C35H56N6O2/c1-26(2)41-33-30(24-38-41)31(34(42)37-23-27-14-20-43-21-15-27)35(16-9-7-5-4-6-8-10-17-35)32(39-33)29-13-11-12-28(22-29)25-40(3)19-18-36/h11-13,22,24,26-27,31-32,39H,4-10,14-21,23,25,36H2,1-3H3,(H,37,42). The van der Waals surface area contributed by atoms with Crippen molar-refractivity contribution in [2.24, 2.45) is 17.1 Å². The molecule has 4 N–H and O–H groups in total. The molecule has 0 bridgehead atoms. The number of aromatic nitrogens is 2. The van der Waals surface area contributed by atoms with Gasteiger partial charge in [0.15, 0.2) is 0 Å². The van der Waals surface area contributed by atoms with E-state index in [-0.39, 0.29) is 29.3 Å². The van der Waals surface area contributed by atoms with E-state index < -0.39 is 0 Å². The smallest absolute Gasteiger partial charge is 0.228 e. The van der Waals surface area contributed by atoms with E-state index in [1.165, 1.54) is 43.2 Å². The van der Waals surface area contributed by atoms with Crippen LogP contribution in [0, 0.1) is 11.3 Å². The highest BCUT2D eigenvalue weighted by molar-refractivity contribution is 5.87. The Hall–Kier alpha value is -2.42. The number of hydrogen-bond acceptors (Lipinski definition) is 6. The molecule has 3 aliphatic rings. The zero-order valence-corrected chi connectivity index (χ0v) is 27.0. The third-order valence-corrected chi connectivity index (χ3v) is 10.3. The van der Waals surface area contributed by atoms with Crippen LogP contribution >= 0.6 is 0 Å². The van der Waals surface area contributed by atoms with Gasteiger partial charge >= 0.3 is 0 Å². The number of amides is 1. The molecule has 2 aromatic rings. The van der Waals surface area contributed by atoms with Gasteiger partial charge in [0.25, 0.3) is 0 Å². The van der Waals surface area contributed by atoms with Crippen molar-refractivity contribution in [2.45, 2.75) is 109 Å². The minimum absolute atomic E-state index is 0.0206. The van der Waals surface area contributed by atoms with Crippen molar-refractivity contribution in [1.82, 2.24) is 20.0 Å². The average molecular weight is 593 g/mol. The number of nitrogens with two attached hydrogens (primary N) is 1. The van der Waals surface area contributed by atoms with Crippen molar-refractivity contribution in [3.63, 3.8) is 0 Å². The maximum absolute atomic E-state index is 14.6. The summed E-state index contributed by atoms with van der Waals surface area (Å²) in [6.45, 7) is 9.03. The van der Waals surface area contributed by atoms with Crippen molar-refractivity contribution in [3.8, 4) is 0 Å². The molecule has 2 aliphatic heterocycles. The number of likely N-dealkylation sites (N-methyl/N-ethyl adjacent to an activating group) is 1. The zero-order valence-electron chi connectivity index (χ0n) is 27.0. The van der Waals surface area contributed by atoms with Crippen LogP contribution < -0.4 is 16.4 Å². The van der Waals surface area contributed by atoms with Gasteiger partial charge in [0.2, 0.25) is 5.91 Å². The van der Waals surface area contributed by atoms with Gasteiger partial charge in [-0.1, -0.05) is 69.2 Å². The van der Waals surface area contributed by atoms with Crippen molar-refractivity contribution in [1.29, 1.82) is 0 Å². The maximum Gasteiger partial charge on any atom is 0.228 e. The lowest BCUT2D eigenvalue weighted by molar-refractivity contribution is -0.127. The molecule has 1 aliphatic carbocycles. The van der Waals surface area contributed by atoms with Crippen molar-refractivity contribution in [3.05, 3.63) is 47.2 Å². The van der Waals surface area contributed by atoms with Crippen molar-refractivity contribution >= 4 is 11.7 Å². The normalized spacial score (nSPS) is 23.2. The molecule has 8 nitrogen and oxygen atoms in total. The van der Waals surface area contributed by atoms with Crippen LogP contribution in [0.4, 0.5) is 5.82 Å². The second-order valence-electron chi connectivity index (χ2n) is 13.8. The molecule has 238 valence electrons. The Kier molecular flexibility index (Phi) is 11.2. The fourth-order valence-electron chi connectivity index (χ4n) is 7.98. The number of nitrogens with one attached hydrogen (secondary N) is 2. The SMILES string of the molecule is CC(C)n1ncc2c1NC(c1cccc(CN(C)CCN)c1)C1(CCCCCCCCC1)C2C(=O)NCC1CCOCC1. The molecular formula is C35H56N6O2. The Morgan fingerprint density at radius 2 is 1.84 bits per heavy atom. The van der Waals surface area contributed by atoms with Crippen molar-refractivity contribution in [2.75, 3.05) is 45.2 Å². The van der Waals surface area contributed by atoms with Crippen LogP contribution in [0.3, 0.4) is 0 Å². The van der Waals surface area contributed by atoms with Crippen LogP contribution in [0.1, 0.15) is 119 Å². The van der Waals surface area contributed by atoms with Gasteiger partial charge in [-0.15, -0.1) is 0 Å². The largest absolute Gasteiger partial charge is 0.381 e. The van der Waals surface area contributed by atoms with Gasteiger partial charge in [-0.3, -0.25) is 4.79 Å². The van der Waals surface area contributed by atoms with Crippen LogP contribution in [0.15, 0.2) is 30.5 Å². The third-order valence-electron chi connectivity index (χ3n) is 10.3. The summed E-state index contributed by atoms with van der Waals surface area (Å²) in [5, 5.41) is 12.4. The highest BCUT2D eigenvalue weighted by Crippen LogP contribution is 2.59. The summed E-state index contributed by atoms with van der Waals surface area (Å²) in [6, 6.07) is 9.30. The monoisotopic (exact) mass is 592 g/mol. The summed E-state index contributed by atoms with van der Waals surface area (Å²) >= 11 is 0. The summed E-state index contributed by atoms with van der Waals surface area (Å²) < 4.78 is 7.69. The lowest BCUT2D eigenvalue weighted by atomic mass is 9.58.